The average molecular weight is 331 g/mol. The quantitative estimate of drug-likeness (QED) is 0.867. The topological polar surface area (TPSA) is 51.8 Å². The number of thiophene rings is 1. The van der Waals surface area contributed by atoms with Gasteiger partial charge in [-0.15, -0.1) is 11.3 Å². The monoisotopic (exact) mass is 329 g/mol. The van der Waals surface area contributed by atoms with E-state index in [2.05, 4.69) is 25.9 Å². The van der Waals surface area contributed by atoms with Crippen LogP contribution in [0.15, 0.2) is 10.5 Å². The van der Waals surface area contributed by atoms with Gasteiger partial charge < -0.3 is 5.73 Å². The Hall–Kier alpha value is -0.650. The van der Waals surface area contributed by atoms with Crippen LogP contribution in [0.25, 0.3) is 10.7 Å². The predicted molar refractivity (Wildman–Crippen MR) is 74.5 cm³/mol. The molecule has 0 radical (unpaired) electrons. The van der Waals surface area contributed by atoms with E-state index in [1.165, 1.54) is 11.3 Å². The molecule has 0 unspecified atom stereocenters. The summed E-state index contributed by atoms with van der Waals surface area (Å²) in [7, 11) is 0. The average Bonchev–Trinajstić information content (AvgIpc) is 2.87. The van der Waals surface area contributed by atoms with Crippen LogP contribution in [-0.2, 0) is 12.8 Å². The van der Waals surface area contributed by atoms with E-state index < -0.39 is 0 Å². The molecule has 6 heteroatoms. The lowest BCUT2D eigenvalue weighted by molar-refractivity contribution is 0.900. The number of nitrogens with two attached hydrogens (primary N) is 1. The van der Waals surface area contributed by atoms with Crippen LogP contribution in [0.5, 0.6) is 0 Å². The van der Waals surface area contributed by atoms with Gasteiger partial charge in [-0.2, -0.15) is 0 Å². The van der Waals surface area contributed by atoms with Crippen LogP contribution < -0.4 is 5.73 Å². The zero-order valence-electron chi connectivity index (χ0n) is 8.83. The zero-order chi connectivity index (χ0) is 12.0. The lowest BCUT2D eigenvalue weighted by atomic mass is 10.2. The zero-order valence-corrected chi connectivity index (χ0v) is 12.0. The summed E-state index contributed by atoms with van der Waals surface area (Å²) in [6, 6.07) is 1.93. The first kappa shape index (κ1) is 11.4. The maximum absolute atomic E-state index is 6.02. The van der Waals surface area contributed by atoms with E-state index in [-0.39, 0.29) is 0 Å². The summed E-state index contributed by atoms with van der Waals surface area (Å²) in [5.74, 6) is 1.30. The molecule has 17 heavy (non-hydrogen) atoms. The van der Waals surface area contributed by atoms with E-state index >= 15 is 0 Å². The van der Waals surface area contributed by atoms with Gasteiger partial charge in [0.25, 0.3) is 0 Å². The second-order valence-corrected chi connectivity index (χ2v) is 6.45. The molecule has 2 heterocycles. The van der Waals surface area contributed by atoms with Crippen LogP contribution >= 0.6 is 38.9 Å². The summed E-state index contributed by atoms with van der Waals surface area (Å²) in [5.41, 5.74) is 8.18. The van der Waals surface area contributed by atoms with Gasteiger partial charge in [0, 0.05) is 15.7 Å². The number of halogens is 2. The molecule has 2 N–H and O–H groups in total. The minimum atomic E-state index is 0.614. The summed E-state index contributed by atoms with van der Waals surface area (Å²) in [4.78, 5) is 9.89. The van der Waals surface area contributed by atoms with Gasteiger partial charge in [-0.1, -0.05) is 11.6 Å². The van der Waals surface area contributed by atoms with Gasteiger partial charge in [-0.3, -0.25) is 0 Å². The number of nitrogen functional groups attached to an aromatic ring is 1. The molecule has 0 fully saturated rings. The molecule has 0 amide bonds. The van der Waals surface area contributed by atoms with Crippen LogP contribution in [0, 0.1) is 0 Å². The van der Waals surface area contributed by atoms with Gasteiger partial charge in [0.05, 0.1) is 4.88 Å². The van der Waals surface area contributed by atoms with E-state index in [1.807, 2.05) is 6.07 Å². The van der Waals surface area contributed by atoms with E-state index in [9.17, 15) is 0 Å². The minimum absolute atomic E-state index is 0.614. The van der Waals surface area contributed by atoms with Crippen LogP contribution in [0.4, 0.5) is 5.82 Å². The molecule has 2 aromatic heterocycles. The van der Waals surface area contributed by atoms with Crippen molar-refractivity contribution in [2.75, 3.05) is 5.73 Å². The molecule has 0 atom stereocenters. The third kappa shape index (κ3) is 1.96. The summed E-state index contributed by atoms with van der Waals surface area (Å²) < 4.78 is 1.59. The van der Waals surface area contributed by atoms with Crippen molar-refractivity contribution in [1.82, 2.24) is 9.97 Å². The summed E-state index contributed by atoms with van der Waals surface area (Å²) in [6.07, 6.45) is 3.11. The first-order valence-electron chi connectivity index (χ1n) is 5.25. The molecule has 3 rings (SSSR count). The number of hydrogen-bond donors (Lipinski definition) is 1. The maximum Gasteiger partial charge on any atom is 0.171 e. The van der Waals surface area contributed by atoms with Crippen LogP contribution in [0.1, 0.15) is 17.7 Å². The highest BCUT2D eigenvalue weighted by Gasteiger charge is 2.19. The van der Waals surface area contributed by atoms with Crippen molar-refractivity contribution in [3.63, 3.8) is 0 Å². The largest absolute Gasteiger partial charge is 0.383 e. The third-order valence-corrected chi connectivity index (χ3v) is 5.30. The van der Waals surface area contributed by atoms with E-state index in [1.54, 1.807) is 0 Å². The normalized spacial score (nSPS) is 14.0. The van der Waals surface area contributed by atoms with Crippen molar-refractivity contribution in [2.45, 2.75) is 19.3 Å². The smallest absolute Gasteiger partial charge is 0.171 e. The standard InChI is InChI=1S/C11H9BrClN3S/c12-6-4-8(17-9(6)13)11-15-7-3-1-2-5(7)10(14)16-11/h4H,1-3H2,(H2,14,15,16). The van der Waals surface area contributed by atoms with Crippen LogP contribution in [0.2, 0.25) is 4.34 Å². The van der Waals surface area contributed by atoms with Gasteiger partial charge >= 0.3 is 0 Å². The first-order chi connectivity index (χ1) is 8.15. The maximum atomic E-state index is 6.02. The Morgan fingerprint density at radius 1 is 1.35 bits per heavy atom. The molecule has 0 bridgehead atoms. The molecule has 0 saturated carbocycles. The fourth-order valence-electron chi connectivity index (χ4n) is 2.03. The molecule has 88 valence electrons. The van der Waals surface area contributed by atoms with Crippen LogP contribution in [0.3, 0.4) is 0 Å². The third-order valence-electron chi connectivity index (χ3n) is 2.83. The second kappa shape index (κ2) is 4.23. The highest BCUT2D eigenvalue weighted by molar-refractivity contribution is 9.10. The number of aryl methyl sites for hydroxylation is 1. The van der Waals surface area contributed by atoms with Crippen molar-refractivity contribution < 1.29 is 0 Å². The molecule has 0 aliphatic heterocycles. The Balaban J connectivity index is 2.13. The fourth-order valence-corrected chi connectivity index (χ4v) is 3.66. The number of hydrogen-bond acceptors (Lipinski definition) is 4. The van der Waals surface area contributed by atoms with E-state index in [0.29, 0.717) is 16.0 Å². The highest BCUT2D eigenvalue weighted by Crippen LogP contribution is 2.37. The summed E-state index contributed by atoms with van der Waals surface area (Å²) in [6.45, 7) is 0. The predicted octanol–water partition coefficient (Wildman–Crippen LogP) is 3.69. The lowest BCUT2D eigenvalue weighted by Gasteiger charge is -2.04. The Labute approximate surface area is 116 Å². The second-order valence-electron chi connectivity index (χ2n) is 3.94. The number of anilines is 1. The first-order valence-corrected chi connectivity index (χ1v) is 7.24. The molecule has 0 spiro atoms. The van der Waals surface area contributed by atoms with E-state index in [4.69, 9.17) is 17.3 Å². The van der Waals surface area contributed by atoms with Crippen molar-refractivity contribution in [3.8, 4) is 10.7 Å². The number of nitrogens with zero attached hydrogens (tertiary/aromatic N) is 2. The van der Waals surface area contributed by atoms with Gasteiger partial charge in [-0.05, 0) is 41.3 Å². The molecule has 0 saturated heterocycles. The van der Waals surface area contributed by atoms with Gasteiger partial charge in [-0.25, -0.2) is 9.97 Å². The SMILES string of the molecule is Nc1nc(-c2cc(Br)c(Cl)s2)nc2c1CCC2. The molecule has 1 aliphatic carbocycles. The van der Waals surface area contributed by atoms with Crippen molar-refractivity contribution in [1.29, 1.82) is 0 Å². The summed E-state index contributed by atoms with van der Waals surface area (Å²) in [5, 5.41) is 0. The summed E-state index contributed by atoms with van der Waals surface area (Å²) >= 11 is 10.9. The molecular formula is C11H9BrClN3S. The van der Waals surface area contributed by atoms with Gasteiger partial charge in [0.2, 0.25) is 0 Å². The van der Waals surface area contributed by atoms with Crippen LogP contribution in [-0.4, -0.2) is 9.97 Å². The van der Waals surface area contributed by atoms with Crippen molar-refractivity contribution in [3.05, 3.63) is 26.1 Å². The van der Waals surface area contributed by atoms with E-state index in [0.717, 1.165) is 39.9 Å². The Bertz CT molecular complexity index is 577. The van der Waals surface area contributed by atoms with Crippen molar-refractivity contribution in [2.24, 2.45) is 0 Å². The molecule has 1 aliphatic rings. The number of fused-ring (bicyclic) bond motifs is 1. The number of aromatic nitrogens is 2. The van der Waals surface area contributed by atoms with Gasteiger partial charge in [0.15, 0.2) is 5.82 Å². The lowest BCUT2D eigenvalue weighted by Crippen LogP contribution is -2.02. The molecule has 0 aromatic carbocycles. The Kier molecular flexibility index (Phi) is 2.84. The van der Waals surface area contributed by atoms with Crippen molar-refractivity contribution >= 4 is 44.7 Å². The molecule has 2 aromatic rings. The molecular weight excluding hydrogens is 322 g/mol. The minimum Gasteiger partial charge on any atom is -0.383 e. The highest BCUT2D eigenvalue weighted by atomic mass is 79.9. The fraction of sp³-hybridized carbons (Fsp3) is 0.273. The van der Waals surface area contributed by atoms with Gasteiger partial charge in [0.1, 0.15) is 10.2 Å². The Morgan fingerprint density at radius 3 is 2.88 bits per heavy atom. The molecule has 3 nitrogen and oxygen atoms in total. The number of rotatable bonds is 1. The Morgan fingerprint density at radius 2 is 2.18 bits per heavy atom.